The number of likely N-dealkylation sites (tertiary alicyclic amines) is 1. The summed E-state index contributed by atoms with van der Waals surface area (Å²) in [5, 5.41) is 37.5. The summed E-state index contributed by atoms with van der Waals surface area (Å²) in [6.07, 6.45) is 12.5. The van der Waals surface area contributed by atoms with E-state index in [1.807, 2.05) is 30.3 Å². The van der Waals surface area contributed by atoms with Crippen LogP contribution >= 0.6 is 0 Å². The predicted octanol–water partition coefficient (Wildman–Crippen LogP) is 1.81. The molecule has 6 rings (SSSR count). The number of unbranched alkanes of at least 4 members (excludes halogenated alkanes) is 1. The first kappa shape index (κ1) is 55.2. The minimum Gasteiger partial charge on any atom is -0.494 e. The Labute approximate surface area is 421 Å². The van der Waals surface area contributed by atoms with Crippen LogP contribution in [0.25, 0.3) is 22.3 Å². The second kappa shape index (κ2) is 30.0. The summed E-state index contributed by atoms with van der Waals surface area (Å²) in [6.45, 7) is 11.6. The lowest BCUT2D eigenvalue weighted by Crippen LogP contribution is -2.48. The average molecular weight is 996 g/mol. The molecule has 2 amide bonds. The van der Waals surface area contributed by atoms with Gasteiger partial charge in [-0.3, -0.25) is 24.2 Å². The molecule has 4 aromatic rings. The molecule has 0 saturated carbocycles. The largest absolute Gasteiger partial charge is 0.494 e. The van der Waals surface area contributed by atoms with Crippen molar-refractivity contribution in [3.05, 3.63) is 71.6 Å². The van der Waals surface area contributed by atoms with Crippen LogP contribution in [-0.2, 0) is 23.7 Å². The Morgan fingerprint density at radius 1 is 0.861 bits per heavy atom. The van der Waals surface area contributed by atoms with Crippen molar-refractivity contribution in [3.63, 3.8) is 0 Å². The van der Waals surface area contributed by atoms with E-state index in [4.69, 9.17) is 30.1 Å². The second-order valence-corrected chi connectivity index (χ2v) is 17.3. The number of nitrogens with one attached hydrogen (secondary N) is 2. The Kier molecular flexibility index (Phi) is 23.0. The Bertz CT molecular complexity index is 2430. The lowest BCUT2D eigenvalue weighted by atomic mass is 9.93. The van der Waals surface area contributed by atoms with Crippen LogP contribution in [0.4, 0.5) is 0 Å². The summed E-state index contributed by atoms with van der Waals surface area (Å²) in [5.74, 6) is 0.966. The maximum absolute atomic E-state index is 13.8. The highest BCUT2D eigenvalue weighted by molar-refractivity contribution is 6.45. The normalized spacial score (nSPS) is 14.5. The molecule has 0 atom stereocenters. The highest BCUT2D eigenvalue weighted by atomic mass is 16.6. The number of hydrogen-bond donors (Lipinski definition) is 4. The van der Waals surface area contributed by atoms with Gasteiger partial charge in [0.05, 0.1) is 107 Å². The van der Waals surface area contributed by atoms with E-state index in [0.29, 0.717) is 115 Å². The number of benzene rings is 1. The average Bonchev–Trinajstić information content (AvgIpc) is 4.10. The first-order valence-electron chi connectivity index (χ1n) is 24.7. The van der Waals surface area contributed by atoms with Gasteiger partial charge in [-0.2, -0.15) is 9.94 Å². The van der Waals surface area contributed by atoms with Crippen LogP contribution in [0.2, 0.25) is 0 Å². The SMILES string of the molecule is C#CCOCCOCCOCCOCCN1CCN(CCCN(CCCCNC(=O)c2ncn(-c3ncc(OC)c4c(C(=O)C(=O)N5CCC(=C(C#N)c6ccccc6)CC5)c[nH]c34)n2)C(CO)CO)CC1. The number of ketones is 1. The van der Waals surface area contributed by atoms with Crippen molar-refractivity contribution in [1.82, 2.24) is 49.6 Å². The first-order chi connectivity index (χ1) is 35.3. The minimum atomic E-state index is -0.723. The van der Waals surface area contributed by atoms with E-state index in [1.54, 1.807) is 0 Å². The van der Waals surface area contributed by atoms with Crippen molar-refractivity contribution >= 4 is 34.1 Å². The van der Waals surface area contributed by atoms with Gasteiger partial charge in [-0.05, 0) is 62.9 Å². The molecule has 0 radical (unpaired) electrons. The topological polar surface area (TPSA) is 246 Å². The lowest BCUT2D eigenvalue weighted by molar-refractivity contribution is -0.126. The van der Waals surface area contributed by atoms with Crippen molar-refractivity contribution < 1.29 is 48.3 Å². The smallest absolute Gasteiger partial charge is 0.295 e. The summed E-state index contributed by atoms with van der Waals surface area (Å²) in [7, 11) is 1.44. The number of carbonyl (C=O) groups excluding carboxylic acids is 3. The number of nitriles is 1. The molecule has 0 spiro atoms. The number of fused-ring (bicyclic) bond motifs is 1. The van der Waals surface area contributed by atoms with Crippen molar-refractivity contribution in [2.24, 2.45) is 0 Å². The van der Waals surface area contributed by atoms with Gasteiger partial charge < -0.3 is 54.0 Å². The molecule has 2 aliphatic heterocycles. The molecule has 1 aromatic carbocycles. The minimum absolute atomic E-state index is 0.0835. The van der Waals surface area contributed by atoms with Crippen LogP contribution < -0.4 is 10.1 Å². The summed E-state index contributed by atoms with van der Waals surface area (Å²) >= 11 is 0. The summed E-state index contributed by atoms with van der Waals surface area (Å²) in [5.41, 5.74) is 2.83. The molecule has 3 aromatic heterocycles. The number of Topliss-reactive ketones (excluding diaryl/α,β-unsaturated/α-hetero) is 1. The number of aliphatic hydroxyl groups excluding tert-OH is 2. The van der Waals surface area contributed by atoms with Crippen LogP contribution in [-0.4, -0.2) is 223 Å². The maximum Gasteiger partial charge on any atom is 0.295 e. The molecule has 4 N–H and O–H groups in total. The monoisotopic (exact) mass is 996 g/mol. The molecular formula is C51H69N11O10. The molecule has 21 heteroatoms. The number of rotatable bonds is 31. The number of aromatic amines is 1. The standard InChI is InChI=1S/C51H69N11O10/c1-3-25-69-27-29-71-31-32-72-30-28-70-26-24-59-22-20-58(21-23-59)15-9-17-60(41(36-63)37-64)16-8-7-14-53-50(66)48-56-38-62(57-48)49-46-45(44(68-2)35-55-49)43(34-54-46)47(65)51(67)61-18-12-40(13-19-61)42(33-52)39-10-5-4-6-11-39/h1,4-6,10-11,34-35,38,41,54,63-64H,7-9,12-32,36-37H2,2H3,(H,53,66). The van der Waals surface area contributed by atoms with E-state index in [1.165, 1.54) is 35.4 Å². The first-order valence-corrected chi connectivity index (χ1v) is 24.7. The van der Waals surface area contributed by atoms with Gasteiger partial charge in [0, 0.05) is 58.6 Å². The molecule has 0 bridgehead atoms. The third kappa shape index (κ3) is 15.9. The number of H-pyrrole nitrogens is 1. The molecule has 5 heterocycles. The van der Waals surface area contributed by atoms with E-state index in [-0.39, 0.29) is 42.2 Å². The Balaban J connectivity index is 0.895. The Morgan fingerprint density at radius 3 is 2.17 bits per heavy atom. The van der Waals surface area contributed by atoms with Gasteiger partial charge in [0.2, 0.25) is 5.82 Å². The van der Waals surface area contributed by atoms with Gasteiger partial charge in [-0.25, -0.2) is 9.97 Å². The number of piperidine rings is 1. The fourth-order valence-corrected chi connectivity index (χ4v) is 8.73. The predicted molar refractivity (Wildman–Crippen MR) is 267 cm³/mol. The lowest BCUT2D eigenvalue weighted by Gasteiger charge is -2.35. The fraction of sp³-hybridized carbons (Fsp3) is 0.549. The van der Waals surface area contributed by atoms with Crippen molar-refractivity contribution in [2.45, 2.75) is 38.1 Å². The van der Waals surface area contributed by atoms with Gasteiger partial charge >= 0.3 is 0 Å². The van der Waals surface area contributed by atoms with Crippen molar-refractivity contribution in [1.29, 1.82) is 5.26 Å². The van der Waals surface area contributed by atoms with E-state index in [2.05, 4.69) is 52.1 Å². The van der Waals surface area contributed by atoms with Crippen molar-refractivity contribution in [3.8, 4) is 30.0 Å². The number of aliphatic hydroxyl groups is 2. The van der Waals surface area contributed by atoms with E-state index >= 15 is 0 Å². The number of ether oxygens (including phenoxy) is 5. The molecule has 2 saturated heterocycles. The number of aromatic nitrogens is 5. The Hall–Kier alpha value is -6.11. The van der Waals surface area contributed by atoms with E-state index in [9.17, 15) is 29.9 Å². The van der Waals surface area contributed by atoms with Gasteiger partial charge in [-0.15, -0.1) is 11.5 Å². The number of hydrogen-bond acceptors (Lipinski definition) is 17. The third-order valence-corrected chi connectivity index (χ3v) is 12.7. The zero-order valence-corrected chi connectivity index (χ0v) is 41.3. The van der Waals surface area contributed by atoms with Crippen LogP contribution in [0.3, 0.4) is 0 Å². The van der Waals surface area contributed by atoms with Crippen LogP contribution in [0.5, 0.6) is 5.75 Å². The van der Waals surface area contributed by atoms with E-state index < -0.39 is 17.6 Å². The number of nitrogens with zero attached hydrogens (tertiary/aromatic N) is 9. The van der Waals surface area contributed by atoms with Gasteiger partial charge in [0.15, 0.2) is 5.82 Å². The van der Waals surface area contributed by atoms with Crippen LogP contribution in [0.15, 0.2) is 54.6 Å². The molecule has 2 fully saturated rings. The number of pyridine rings is 1. The van der Waals surface area contributed by atoms with Gasteiger partial charge in [-0.1, -0.05) is 36.3 Å². The van der Waals surface area contributed by atoms with Crippen LogP contribution in [0.1, 0.15) is 58.6 Å². The number of piperazine rings is 1. The number of amides is 2. The number of methoxy groups -OCH3 is 1. The molecule has 72 heavy (non-hydrogen) atoms. The summed E-state index contributed by atoms with van der Waals surface area (Å²) in [4.78, 5) is 60.8. The Morgan fingerprint density at radius 2 is 1.51 bits per heavy atom. The quantitative estimate of drug-likeness (QED) is 0.0185. The molecule has 21 nitrogen and oxygen atoms in total. The van der Waals surface area contributed by atoms with Crippen LogP contribution in [0, 0.1) is 23.7 Å². The highest BCUT2D eigenvalue weighted by Gasteiger charge is 2.31. The number of carbonyl (C=O) groups is 3. The summed E-state index contributed by atoms with van der Waals surface area (Å²) < 4.78 is 28.8. The maximum atomic E-state index is 13.8. The zero-order chi connectivity index (χ0) is 50.9. The van der Waals surface area contributed by atoms with Gasteiger partial charge in [0.25, 0.3) is 17.6 Å². The molecule has 388 valence electrons. The van der Waals surface area contributed by atoms with Crippen molar-refractivity contribution in [2.75, 3.05) is 145 Å². The second-order valence-electron chi connectivity index (χ2n) is 17.3. The third-order valence-electron chi connectivity index (χ3n) is 12.7. The molecule has 0 aliphatic carbocycles. The van der Waals surface area contributed by atoms with Gasteiger partial charge in [0.1, 0.15) is 18.7 Å². The highest BCUT2D eigenvalue weighted by Crippen LogP contribution is 2.33. The number of allylic oxidation sites excluding steroid dienone is 1. The molecule has 0 unspecified atom stereocenters. The molecule has 2 aliphatic rings. The summed E-state index contributed by atoms with van der Waals surface area (Å²) in [6, 6.07) is 11.4. The zero-order valence-electron chi connectivity index (χ0n) is 41.3. The van der Waals surface area contributed by atoms with E-state index in [0.717, 1.165) is 69.8 Å². The molecular weight excluding hydrogens is 927 g/mol. The fourth-order valence-electron chi connectivity index (χ4n) is 8.73. The number of terminal acetylenes is 1.